The zero-order valence-corrected chi connectivity index (χ0v) is 13.9. The minimum absolute atomic E-state index is 0.454. The van der Waals surface area contributed by atoms with Gasteiger partial charge >= 0.3 is 11.9 Å². The van der Waals surface area contributed by atoms with Gasteiger partial charge in [-0.05, 0) is 12.5 Å². The molecule has 1 rings (SSSR count). The van der Waals surface area contributed by atoms with E-state index >= 15 is 0 Å². The lowest BCUT2D eigenvalue weighted by atomic mass is 10.1. The van der Waals surface area contributed by atoms with E-state index in [1.165, 1.54) is 6.92 Å². The summed E-state index contributed by atoms with van der Waals surface area (Å²) in [6.07, 6.45) is -0.660. The first-order valence-corrected chi connectivity index (χ1v) is 7.47. The number of amides is 2. The molecule has 9 heteroatoms. The van der Waals surface area contributed by atoms with E-state index in [0.29, 0.717) is 5.56 Å². The van der Waals surface area contributed by atoms with E-state index in [-0.39, 0.29) is 0 Å². The summed E-state index contributed by atoms with van der Waals surface area (Å²) in [5, 5.41) is 13.6. The van der Waals surface area contributed by atoms with Gasteiger partial charge in [0.05, 0.1) is 19.6 Å². The van der Waals surface area contributed by atoms with Crippen molar-refractivity contribution >= 4 is 23.8 Å². The number of carbonyl (C=O) groups excluding carboxylic acids is 3. The number of aliphatic carboxylic acids is 1. The fourth-order valence-electron chi connectivity index (χ4n) is 1.97. The first kappa shape index (κ1) is 20.1. The number of carboxylic acid groups (broad SMARTS) is 1. The van der Waals surface area contributed by atoms with Crippen molar-refractivity contribution in [3.05, 3.63) is 35.9 Å². The van der Waals surface area contributed by atoms with Crippen LogP contribution in [0.15, 0.2) is 30.3 Å². The molecule has 5 N–H and O–H groups in total. The Balaban J connectivity index is 2.98. The molecule has 0 aliphatic heterocycles. The van der Waals surface area contributed by atoms with Gasteiger partial charge in [-0.3, -0.25) is 14.4 Å². The predicted molar refractivity (Wildman–Crippen MR) is 87.2 cm³/mol. The minimum atomic E-state index is -1.38. The summed E-state index contributed by atoms with van der Waals surface area (Å²) in [6.45, 7) is 1.40. The third-order valence-electron chi connectivity index (χ3n) is 3.28. The molecule has 1 aromatic rings. The molecule has 1 aromatic carbocycles. The molecular formula is C16H21N3O6. The highest BCUT2D eigenvalue weighted by Crippen LogP contribution is 2.14. The van der Waals surface area contributed by atoms with Crippen LogP contribution in [-0.2, 0) is 23.9 Å². The Bertz CT molecular complexity index is 632. The number of nitrogens with one attached hydrogen (secondary N) is 2. The molecule has 0 unspecified atom stereocenters. The number of methoxy groups -OCH3 is 1. The molecule has 25 heavy (non-hydrogen) atoms. The molecule has 9 nitrogen and oxygen atoms in total. The van der Waals surface area contributed by atoms with Crippen LogP contribution < -0.4 is 16.4 Å². The van der Waals surface area contributed by atoms with Gasteiger partial charge in [-0.1, -0.05) is 30.3 Å². The van der Waals surface area contributed by atoms with Gasteiger partial charge in [0.1, 0.15) is 6.04 Å². The Labute approximate surface area is 144 Å². The third kappa shape index (κ3) is 6.22. The maximum Gasteiger partial charge on any atom is 0.333 e. The molecule has 0 radical (unpaired) electrons. The van der Waals surface area contributed by atoms with Gasteiger partial charge in [-0.25, -0.2) is 4.79 Å². The zero-order chi connectivity index (χ0) is 19.0. The average Bonchev–Trinajstić information content (AvgIpc) is 2.58. The molecule has 0 aliphatic rings. The van der Waals surface area contributed by atoms with Crippen molar-refractivity contribution in [1.82, 2.24) is 10.6 Å². The Morgan fingerprint density at radius 1 is 1.12 bits per heavy atom. The molecule has 0 aromatic heterocycles. The van der Waals surface area contributed by atoms with E-state index in [2.05, 4.69) is 15.4 Å². The van der Waals surface area contributed by atoms with E-state index in [4.69, 9.17) is 10.8 Å². The molecule has 136 valence electrons. The Morgan fingerprint density at radius 3 is 2.20 bits per heavy atom. The maximum atomic E-state index is 12.4. The van der Waals surface area contributed by atoms with Crippen molar-refractivity contribution in [3.8, 4) is 0 Å². The summed E-state index contributed by atoms with van der Waals surface area (Å²) in [6, 6.07) is 4.84. The van der Waals surface area contributed by atoms with Crippen molar-refractivity contribution in [2.45, 2.75) is 31.5 Å². The number of carboxylic acids is 1. The van der Waals surface area contributed by atoms with E-state index in [9.17, 15) is 19.2 Å². The number of hydrogen-bond donors (Lipinski definition) is 4. The van der Waals surface area contributed by atoms with Gasteiger partial charge in [-0.2, -0.15) is 0 Å². The fraction of sp³-hybridized carbons (Fsp3) is 0.375. The predicted octanol–water partition coefficient (Wildman–Crippen LogP) is -0.676. The van der Waals surface area contributed by atoms with Crippen LogP contribution in [-0.4, -0.2) is 48.1 Å². The van der Waals surface area contributed by atoms with Crippen LogP contribution >= 0.6 is 0 Å². The monoisotopic (exact) mass is 351 g/mol. The summed E-state index contributed by atoms with van der Waals surface area (Å²) >= 11 is 0. The van der Waals surface area contributed by atoms with Gasteiger partial charge in [0.15, 0.2) is 6.04 Å². The van der Waals surface area contributed by atoms with E-state index in [0.717, 1.165) is 7.11 Å². The van der Waals surface area contributed by atoms with E-state index < -0.39 is 48.3 Å². The van der Waals surface area contributed by atoms with Crippen LogP contribution in [0.5, 0.6) is 0 Å². The third-order valence-corrected chi connectivity index (χ3v) is 3.28. The number of benzene rings is 1. The van der Waals surface area contributed by atoms with Crippen LogP contribution in [0.3, 0.4) is 0 Å². The molecular weight excluding hydrogens is 330 g/mol. The second-order valence-electron chi connectivity index (χ2n) is 5.32. The topological polar surface area (TPSA) is 148 Å². The second kappa shape index (κ2) is 9.38. The summed E-state index contributed by atoms with van der Waals surface area (Å²) < 4.78 is 4.67. The maximum absolute atomic E-state index is 12.4. The van der Waals surface area contributed by atoms with Gasteiger partial charge in [0, 0.05) is 0 Å². The van der Waals surface area contributed by atoms with E-state index in [1.54, 1.807) is 30.3 Å². The molecule has 0 fully saturated rings. The van der Waals surface area contributed by atoms with Crippen LogP contribution in [0.2, 0.25) is 0 Å². The highest BCUT2D eigenvalue weighted by molar-refractivity contribution is 5.94. The first-order chi connectivity index (χ1) is 11.8. The summed E-state index contributed by atoms with van der Waals surface area (Å²) in [4.78, 5) is 47.0. The van der Waals surface area contributed by atoms with E-state index in [1.807, 2.05) is 0 Å². The average molecular weight is 351 g/mol. The standard InChI is InChI=1S/C16H21N3O6/c1-9(17)14(22)18-11(8-12(20)21)15(23)19-13(16(24)25-2)10-6-4-3-5-7-10/h3-7,9,11,13H,8,17H2,1-2H3,(H,18,22)(H,19,23)(H,20,21)/t9-,11-,13+/m1/s1. The lowest BCUT2D eigenvalue weighted by Crippen LogP contribution is -2.52. The number of nitrogens with two attached hydrogens (primary N) is 1. The Hall–Kier alpha value is -2.94. The van der Waals surface area contributed by atoms with Crippen molar-refractivity contribution < 1.29 is 29.0 Å². The van der Waals surface area contributed by atoms with Crippen molar-refractivity contribution in [3.63, 3.8) is 0 Å². The first-order valence-electron chi connectivity index (χ1n) is 7.47. The number of ether oxygens (including phenoxy) is 1. The Kier molecular flexibility index (Phi) is 7.54. The molecule has 0 bridgehead atoms. The van der Waals surface area contributed by atoms with Crippen LogP contribution in [0.25, 0.3) is 0 Å². The van der Waals surface area contributed by atoms with Gasteiger partial charge in [-0.15, -0.1) is 0 Å². The lowest BCUT2D eigenvalue weighted by Gasteiger charge is -2.22. The molecule has 0 saturated heterocycles. The Morgan fingerprint density at radius 2 is 1.72 bits per heavy atom. The molecule has 2 amide bonds. The highest BCUT2D eigenvalue weighted by atomic mass is 16.5. The second-order valence-corrected chi connectivity index (χ2v) is 5.32. The minimum Gasteiger partial charge on any atom is -0.481 e. The largest absolute Gasteiger partial charge is 0.481 e. The molecule has 0 saturated carbocycles. The smallest absolute Gasteiger partial charge is 0.333 e. The summed E-state index contributed by atoms with van der Waals surface area (Å²) in [7, 11) is 1.16. The SMILES string of the molecule is COC(=O)[C@@H](NC(=O)[C@@H](CC(=O)O)NC(=O)[C@@H](C)N)c1ccccc1. The zero-order valence-electron chi connectivity index (χ0n) is 13.9. The van der Waals surface area contributed by atoms with Crippen LogP contribution in [0.1, 0.15) is 24.9 Å². The normalized spacial score (nSPS) is 13.9. The molecule has 0 spiro atoms. The highest BCUT2D eigenvalue weighted by Gasteiger charge is 2.30. The van der Waals surface area contributed by atoms with Crippen molar-refractivity contribution in [2.75, 3.05) is 7.11 Å². The van der Waals surface area contributed by atoms with Crippen molar-refractivity contribution in [1.29, 1.82) is 0 Å². The summed E-state index contributed by atoms with van der Waals surface area (Å²) in [5.74, 6) is -3.54. The number of rotatable bonds is 8. The molecule has 0 heterocycles. The van der Waals surface area contributed by atoms with Crippen LogP contribution in [0.4, 0.5) is 0 Å². The number of carbonyl (C=O) groups is 4. The number of hydrogen-bond acceptors (Lipinski definition) is 6. The van der Waals surface area contributed by atoms with Gasteiger partial charge in [0.25, 0.3) is 0 Å². The van der Waals surface area contributed by atoms with Gasteiger partial charge < -0.3 is 26.2 Å². The van der Waals surface area contributed by atoms with Crippen LogP contribution in [0, 0.1) is 0 Å². The molecule has 0 aliphatic carbocycles. The number of esters is 1. The summed E-state index contributed by atoms with van der Waals surface area (Å²) in [5.41, 5.74) is 5.87. The quantitative estimate of drug-likeness (QED) is 0.454. The van der Waals surface area contributed by atoms with Gasteiger partial charge in [0.2, 0.25) is 11.8 Å². The lowest BCUT2D eigenvalue weighted by molar-refractivity contribution is -0.146. The molecule has 3 atom stereocenters. The fourth-order valence-corrected chi connectivity index (χ4v) is 1.97. The van der Waals surface area contributed by atoms with Crippen molar-refractivity contribution in [2.24, 2.45) is 5.73 Å².